The van der Waals surface area contributed by atoms with Crippen molar-refractivity contribution in [1.82, 2.24) is 29.1 Å². The number of fused-ring (bicyclic) bond motifs is 10. The van der Waals surface area contributed by atoms with Crippen LogP contribution in [0.3, 0.4) is 0 Å². The van der Waals surface area contributed by atoms with Gasteiger partial charge in [0.1, 0.15) is 22.9 Å². The molecular formula is C51H38Br2N6O5. The number of hydrogen-bond donors (Lipinski definition) is 0. The number of aromatic nitrogens is 6. The quantitative estimate of drug-likeness (QED) is 0.149. The molecule has 0 N–H and O–H groups in total. The average Bonchev–Trinajstić information content (AvgIpc) is 4.08. The summed E-state index contributed by atoms with van der Waals surface area (Å²) in [7, 11) is 0. The Labute approximate surface area is 383 Å². The second-order valence-electron chi connectivity index (χ2n) is 17.6. The Morgan fingerprint density at radius 3 is 1.28 bits per heavy atom. The number of carbonyl (C=O) groups is 1. The van der Waals surface area contributed by atoms with Gasteiger partial charge in [-0.3, -0.25) is 18.7 Å². The van der Waals surface area contributed by atoms with Gasteiger partial charge in [0.05, 0.1) is 35.0 Å². The second kappa shape index (κ2) is 14.3. The average molecular weight is 975 g/mol. The molecule has 13 heteroatoms. The number of carbonyl (C=O) groups excluding carboxylic acids is 1. The molecule has 2 aliphatic carbocycles. The molecular weight excluding hydrogens is 936 g/mol. The molecule has 11 nitrogen and oxygen atoms in total. The van der Waals surface area contributed by atoms with Crippen molar-refractivity contribution >= 4 is 60.1 Å². The molecule has 4 atom stereocenters. The zero-order valence-corrected chi connectivity index (χ0v) is 37.8. The molecule has 2 aliphatic heterocycles. The van der Waals surface area contributed by atoms with Crippen molar-refractivity contribution in [2.45, 2.75) is 74.7 Å². The van der Waals surface area contributed by atoms with E-state index in [0.717, 1.165) is 53.5 Å². The first-order chi connectivity index (χ1) is 31.0. The third kappa shape index (κ3) is 5.65. The topological polar surface area (TPSA) is 131 Å². The minimum atomic E-state index is -1.41. The molecule has 0 saturated heterocycles. The van der Waals surface area contributed by atoms with E-state index < -0.39 is 41.3 Å². The van der Waals surface area contributed by atoms with Gasteiger partial charge in [0.2, 0.25) is 0 Å². The van der Waals surface area contributed by atoms with Gasteiger partial charge in [0.25, 0.3) is 11.1 Å². The first kappa shape index (κ1) is 39.3. The first-order valence-corrected chi connectivity index (χ1v) is 23.0. The summed E-state index contributed by atoms with van der Waals surface area (Å²) >= 11 is 6.98. The van der Waals surface area contributed by atoms with E-state index in [0.29, 0.717) is 48.4 Å². The minimum absolute atomic E-state index is 0.232. The molecule has 4 aliphatic rings. The molecule has 0 amide bonds. The number of nitrogens with zero attached hydrogens (tertiary/aromatic N) is 6. The van der Waals surface area contributed by atoms with Gasteiger partial charge in [-0.05, 0) is 115 Å². The summed E-state index contributed by atoms with van der Waals surface area (Å²) in [5.41, 5.74) is 6.07. The highest BCUT2D eigenvalue weighted by molar-refractivity contribution is 9.10. The van der Waals surface area contributed by atoms with Crippen molar-refractivity contribution in [3.8, 4) is 22.3 Å². The number of aryl methyl sites for hydroxylation is 2. The van der Waals surface area contributed by atoms with Crippen LogP contribution in [-0.2, 0) is 22.3 Å². The van der Waals surface area contributed by atoms with Crippen molar-refractivity contribution in [1.29, 1.82) is 0 Å². The Bertz CT molecular complexity index is 3130. The van der Waals surface area contributed by atoms with Gasteiger partial charge < -0.3 is 9.47 Å². The van der Waals surface area contributed by atoms with Crippen molar-refractivity contribution < 1.29 is 14.3 Å². The van der Waals surface area contributed by atoms with Crippen molar-refractivity contribution in [3.63, 3.8) is 0 Å². The van der Waals surface area contributed by atoms with Crippen molar-refractivity contribution in [3.05, 3.63) is 185 Å². The largest absolute Gasteiger partial charge is 0.509 e. The van der Waals surface area contributed by atoms with Crippen molar-refractivity contribution in [2.24, 2.45) is 0 Å². The lowest BCUT2D eigenvalue weighted by Gasteiger charge is -2.44. The monoisotopic (exact) mass is 972 g/mol. The Kier molecular flexibility index (Phi) is 8.81. The maximum Gasteiger partial charge on any atom is 0.509 e. The molecule has 8 aromatic rings. The Morgan fingerprint density at radius 1 is 0.578 bits per heavy atom. The van der Waals surface area contributed by atoms with E-state index in [9.17, 15) is 9.59 Å². The molecule has 0 bridgehead atoms. The lowest BCUT2D eigenvalue weighted by Crippen LogP contribution is -2.51. The summed E-state index contributed by atoms with van der Waals surface area (Å²) < 4.78 is 18.9. The molecule has 4 aromatic carbocycles. The molecule has 6 heterocycles. The summed E-state index contributed by atoms with van der Waals surface area (Å²) in [5, 5.41) is 0. The van der Waals surface area contributed by atoms with Gasteiger partial charge >= 0.3 is 6.16 Å². The van der Waals surface area contributed by atoms with Gasteiger partial charge in [-0.1, -0.05) is 97.1 Å². The van der Waals surface area contributed by atoms with Crippen LogP contribution in [0.1, 0.15) is 84.5 Å². The van der Waals surface area contributed by atoms with Crippen LogP contribution in [0, 0.1) is 0 Å². The third-order valence-electron chi connectivity index (χ3n) is 14.2. The van der Waals surface area contributed by atoms with Gasteiger partial charge in [-0.2, -0.15) is 0 Å². The van der Waals surface area contributed by atoms with E-state index in [-0.39, 0.29) is 22.2 Å². The van der Waals surface area contributed by atoms with Gasteiger partial charge in [-0.25, -0.2) is 24.7 Å². The molecule has 0 spiro atoms. The number of pyridine rings is 2. The molecule has 64 heavy (non-hydrogen) atoms. The SMILES string of the molecule is CC(OC(=O)OC(C)(C1c2ccccc2-c2ccccc21)C1CCc2nc3cc(Br)cnc3c(=O)n21)(C1c2ccccc2-c2ccccc21)C1CCc2nc3cc(Br)cnc3c(=O)n21. The van der Waals surface area contributed by atoms with Crippen molar-refractivity contribution in [2.75, 3.05) is 0 Å². The van der Waals surface area contributed by atoms with Crippen LogP contribution in [0.5, 0.6) is 0 Å². The van der Waals surface area contributed by atoms with Crippen LogP contribution in [0.15, 0.2) is 140 Å². The zero-order chi connectivity index (χ0) is 43.6. The summed E-state index contributed by atoms with van der Waals surface area (Å²) in [4.78, 5) is 63.8. The fourth-order valence-corrected chi connectivity index (χ4v) is 12.3. The smallest absolute Gasteiger partial charge is 0.425 e. The highest BCUT2D eigenvalue weighted by Crippen LogP contribution is 2.58. The normalized spacial score (nSPS) is 19.0. The summed E-state index contributed by atoms with van der Waals surface area (Å²) in [6, 6.07) is 34.9. The van der Waals surface area contributed by atoms with Crippen LogP contribution in [-0.4, -0.2) is 46.4 Å². The maximum atomic E-state index is 15.6. The molecule has 4 unspecified atom stereocenters. The minimum Gasteiger partial charge on any atom is -0.425 e. The maximum absolute atomic E-state index is 15.6. The lowest BCUT2D eigenvalue weighted by atomic mass is 9.75. The fourth-order valence-electron chi connectivity index (χ4n) is 11.6. The fraction of sp³-hybridized carbons (Fsp3) is 0.235. The zero-order valence-electron chi connectivity index (χ0n) is 34.7. The molecule has 0 radical (unpaired) electrons. The molecule has 316 valence electrons. The highest BCUT2D eigenvalue weighted by Gasteiger charge is 2.57. The van der Waals surface area contributed by atoms with E-state index in [2.05, 4.69) is 90.4 Å². The van der Waals surface area contributed by atoms with Crippen LogP contribution in [0.25, 0.3) is 44.3 Å². The van der Waals surface area contributed by atoms with Crippen LogP contribution >= 0.6 is 31.9 Å². The molecule has 4 aromatic heterocycles. The number of benzene rings is 4. The summed E-state index contributed by atoms with van der Waals surface area (Å²) in [6.45, 7) is 3.85. The van der Waals surface area contributed by atoms with E-state index in [4.69, 9.17) is 19.4 Å². The Balaban J connectivity index is 1.04. The van der Waals surface area contributed by atoms with Crippen LogP contribution < -0.4 is 11.1 Å². The van der Waals surface area contributed by atoms with Crippen LogP contribution in [0.4, 0.5) is 4.79 Å². The standard InChI is InChI=1S/C51H38Br2N6O5/c1-50(43-33-15-7-3-11-29(33)30-12-4-8-16-34(30)43,39-19-21-41-56-37-23-27(52)25-54-45(37)47(60)58(39)41)63-49(62)64-51(2,44-35-17-9-5-13-31(35)32-14-6-10-18-36(32)44)40-20-22-42-57-38-24-28(53)26-55-46(38)48(61)59(40)42/h3-18,23-26,39-40,43-44H,19-22H2,1-2H3. The Morgan fingerprint density at radius 2 is 0.922 bits per heavy atom. The van der Waals surface area contributed by atoms with E-state index in [1.165, 1.54) is 0 Å². The van der Waals surface area contributed by atoms with E-state index >= 15 is 4.79 Å². The number of ether oxygens (including phenoxy) is 2. The number of rotatable bonds is 6. The van der Waals surface area contributed by atoms with Gasteiger partial charge in [-0.15, -0.1) is 0 Å². The van der Waals surface area contributed by atoms with Gasteiger partial charge in [0, 0.05) is 34.2 Å². The second-order valence-corrected chi connectivity index (χ2v) is 19.4. The first-order valence-electron chi connectivity index (χ1n) is 21.5. The lowest BCUT2D eigenvalue weighted by molar-refractivity contribution is -0.109. The van der Waals surface area contributed by atoms with E-state index in [1.807, 2.05) is 62.4 Å². The predicted molar refractivity (Wildman–Crippen MR) is 250 cm³/mol. The number of halogens is 2. The molecule has 0 fully saturated rings. The summed E-state index contributed by atoms with van der Waals surface area (Å²) in [5.74, 6) is 0.186. The van der Waals surface area contributed by atoms with Gasteiger partial charge in [0.15, 0.2) is 11.0 Å². The summed E-state index contributed by atoms with van der Waals surface area (Å²) in [6.07, 6.45) is 4.18. The predicted octanol–water partition coefficient (Wildman–Crippen LogP) is 10.4. The molecule has 12 rings (SSSR count). The highest BCUT2D eigenvalue weighted by atomic mass is 79.9. The van der Waals surface area contributed by atoms with E-state index in [1.54, 1.807) is 33.7 Å². The molecule has 0 saturated carbocycles. The Hall–Kier alpha value is -6.31. The van der Waals surface area contributed by atoms with Crippen LogP contribution in [0.2, 0.25) is 0 Å². The number of hydrogen-bond acceptors (Lipinski definition) is 9. The third-order valence-corrected chi connectivity index (χ3v) is 15.1.